The van der Waals surface area contributed by atoms with Crippen molar-refractivity contribution in [1.82, 2.24) is 0 Å². The molecule has 0 radical (unpaired) electrons. The highest BCUT2D eigenvalue weighted by molar-refractivity contribution is 5.84. The molecule has 7 nitrogen and oxygen atoms in total. The quantitative estimate of drug-likeness (QED) is 0.661. The molecule has 0 spiro atoms. The van der Waals surface area contributed by atoms with Gasteiger partial charge in [-0.25, -0.2) is 4.79 Å². The normalized spacial score (nSPS) is 40.6. The molecule has 3 aliphatic heterocycles. The molecule has 0 aromatic carbocycles. The molecule has 0 N–H and O–H groups in total. The van der Waals surface area contributed by atoms with Gasteiger partial charge in [0.25, 0.3) is 0 Å². The van der Waals surface area contributed by atoms with Gasteiger partial charge in [0, 0.05) is 0 Å². The van der Waals surface area contributed by atoms with Crippen LogP contribution >= 0.6 is 0 Å². The molecule has 0 aliphatic carbocycles. The average Bonchev–Trinajstić information content (AvgIpc) is 2.87. The van der Waals surface area contributed by atoms with E-state index in [0.29, 0.717) is 0 Å². The lowest BCUT2D eigenvalue weighted by Gasteiger charge is -2.23. The molecule has 0 aromatic heterocycles. The van der Waals surface area contributed by atoms with Gasteiger partial charge in [-0.3, -0.25) is 4.79 Å². The summed E-state index contributed by atoms with van der Waals surface area (Å²) in [5, 5.41) is 0. The van der Waals surface area contributed by atoms with Crippen LogP contribution in [0.25, 0.3) is 0 Å². The van der Waals surface area contributed by atoms with Gasteiger partial charge in [0.2, 0.25) is 6.10 Å². The molecule has 3 aliphatic rings. The van der Waals surface area contributed by atoms with Gasteiger partial charge in [-0.05, 0) is 34.6 Å². The van der Waals surface area contributed by atoms with E-state index in [1.54, 1.807) is 34.6 Å². The lowest BCUT2D eigenvalue weighted by atomic mass is 9.97. The fraction of sp³-hybridized carbons (Fsp3) is 0.857. The Morgan fingerprint density at radius 2 is 1.81 bits per heavy atom. The topological polar surface area (TPSA) is 80.3 Å². The molecule has 3 saturated heterocycles. The van der Waals surface area contributed by atoms with Crippen molar-refractivity contribution < 1.29 is 33.3 Å². The summed E-state index contributed by atoms with van der Waals surface area (Å²) in [6.45, 7) is 8.67. The van der Waals surface area contributed by atoms with Gasteiger partial charge >= 0.3 is 11.9 Å². The lowest BCUT2D eigenvalue weighted by Crippen LogP contribution is -2.39. The second-order valence-electron chi connectivity index (χ2n) is 7.05. The monoisotopic (exact) mass is 300 g/mol. The molecule has 0 amide bonds. The van der Waals surface area contributed by atoms with Crippen molar-refractivity contribution >= 4 is 11.9 Å². The Morgan fingerprint density at radius 3 is 2.43 bits per heavy atom. The highest BCUT2D eigenvalue weighted by atomic mass is 16.8. The SMILES string of the molecule is CC1(C)O[C@H]2O[C@H]3[C@H](OC(=O)[C@H]3OC(=O)C(C)(C)C)[C@H]2O1. The van der Waals surface area contributed by atoms with Gasteiger partial charge in [-0.1, -0.05) is 0 Å². The van der Waals surface area contributed by atoms with Gasteiger partial charge in [-0.15, -0.1) is 0 Å². The minimum absolute atomic E-state index is 0.479. The first kappa shape index (κ1) is 14.7. The maximum Gasteiger partial charge on any atom is 0.350 e. The van der Waals surface area contributed by atoms with E-state index in [4.69, 9.17) is 23.7 Å². The van der Waals surface area contributed by atoms with Gasteiger partial charge in [-0.2, -0.15) is 0 Å². The highest BCUT2D eigenvalue weighted by Crippen LogP contribution is 2.43. The zero-order valence-electron chi connectivity index (χ0n) is 12.7. The van der Waals surface area contributed by atoms with E-state index in [1.165, 1.54) is 0 Å². The Balaban J connectivity index is 1.73. The summed E-state index contributed by atoms with van der Waals surface area (Å²) in [6, 6.07) is 0. The van der Waals surface area contributed by atoms with Crippen molar-refractivity contribution in [2.75, 3.05) is 0 Å². The number of carbonyl (C=O) groups is 2. The van der Waals surface area contributed by atoms with E-state index in [0.717, 1.165) is 0 Å². The van der Waals surface area contributed by atoms with Crippen LogP contribution in [0.1, 0.15) is 34.6 Å². The molecule has 0 aromatic rings. The first-order chi connectivity index (χ1) is 9.58. The van der Waals surface area contributed by atoms with Gasteiger partial charge in [0.15, 0.2) is 24.3 Å². The number of esters is 2. The van der Waals surface area contributed by atoms with Crippen molar-refractivity contribution in [2.45, 2.75) is 71.1 Å². The van der Waals surface area contributed by atoms with Crippen LogP contribution in [-0.4, -0.2) is 48.4 Å². The van der Waals surface area contributed by atoms with Crippen LogP contribution in [-0.2, 0) is 33.3 Å². The summed E-state index contributed by atoms with van der Waals surface area (Å²) >= 11 is 0. The second kappa shape index (κ2) is 4.41. The van der Waals surface area contributed by atoms with E-state index < -0.39 is 53.8 Å². The highest BCUT2D eigenvalue weighted by Gasteiger charge is 2.64. The fourth-order valence-electron chi connectivity index (χ4n) is 2.62. The summed E-state index contributed by atoms with van der Waals surface area (Å²) in [5.41, 5.74) is -0.707. The van der Waals surface area contributed by atoms with Crippen LogP contribution in [0, 0.1) is 5.41 Å². The van der Waals surface area contributed by atoms with Crippen LogP contribution in [0.5, 0.6) is 0 Å². The number of hydrogen-bond acceptors (Lipinski definition) is 7. The Labute approximate surface area is 122 Å². The molecule has 0 bridgehead atoms. The Bertz CT molecular complexity index is 478. The minimum atomic E-state index is -1.07. The second-order valence-corrected chi connectivity index (χ2v) is 7.05. The lowest BCUT2D eigenvalue weighted by molar-refractivity contribution is -0.217. The summed E-state index contributed by atoms with van der Waals surface area (Å²) in [6.07, 6.45) is -3.47. The van der Waals surface area contributed by atoms with Crippen LogP contribution in [0.15, 0.2) is 0 Å². The van der Waals surface area contributed by atoms with Crippen LogP contribution < -0.4 is 0 Å². The standard InChI is InChI=1S/C14H20O7/c1-13(2,3)12(16)19-8-6-7(17-10(8)15)9-11(18-6)21-14(4,5)20-9/h6-9,11H,1-5H3/t6-,7-,8-,9+,11+/m0/s1. The molecule has 5 atom stereocenters. The summed E-state index contributed by atoms with van der Waals surface area (Å²) in [5.74, 6) is -1.87. The van der Waals surface area contributed by atoms with E-state index in [9.17, 15) is 9.59 Å². The van der Waals surface area contributed by atoms with Crippen molar-refractivity contribution in [1.29, 1.82) is 0 Å². The zero-order chi connectivity index (χ0) is 15.6. The minimum Gasteiger partial charge on any atom is -0.454 e. The summed E-state index contributed by atoms with van der Waals surface area (Å²) in [7, 11) is 0. The van der Waals surface area contributed by atoms with Crippen molar-refractivity contribution in [2.24, 2.45) is 5.41 Å². The molecule has 21 heavy (non-hydrogen) atoms. The van der Waals surface area contributed by atoms with Gasteiger partial charge in [0.05, 0.1) is 5.41 Å². The molecule has 3 fully saturated rings. The smallest absolute Gasteiger partial charge is 0.350 e. The van der Waals surface area contributed by atoms with E-state index in [-0.39, 0.29) is 0 Å². The number of ether oxygens (including phenoxy) is 5. The number of carbonyl (C=O) groups excluding carboxylic acids is 2. The van der Waals surface area contributed by atoms with Crippen LogP contribution in [0.3, 0.4) is 0 Å². The molecule has 3 heterocycles. The van der Waals surface area contributed by atoms with E-state index in [1.807, 2.05) is 0 Å². The Kier molecular flexibility index (Phi) is 3.10. The van der Waals surface area contributed by atoms with Crippen molar-refractivity contribution in [3.8, 4) is 0 Å². The molecule has 3 rings (SSSR count). The van der Waals surface area contributed by atoms with Crippen molar-refractivity contribution in [3.05, 3.63) is 0 Å². The van der Waals surface area contributed by atoms with Gasteiger partial charge < -0.3 is 23.7 Å². The molecule has 118 valence electrons. The van der Waals surface area contributed by atoms with Crippen molar-refractivity contribution in [3.63, 3.8) is 0 Å². The zero-order valence-corrected chi connectivity index (χ0v) is 12.7. The average molecular weight is 300 g/mol. The third kappa shape index (κ3) is 2.43. The predicted octanol–water partition coefficient (Wildman–Crippen LogP) is 0.746. The third-order valence-corrected chi connectivity index (χ3v) is 3.66. The van der Waals surface area contributed by atoms with Crippen LogP contribution in [0.4, 0.5) is 0 Å². The third-order valence-electron chi connectivity index (χ3n) is 3.66. The molecular weight excluding hydrogens is 280 g/mol. The first-order valence-electron chi connectivity index (χ1n) is 7.01. The molecule has 0 saturated carbocycles. The summed E-state index contributed by atoms with van der Waals surface area (Å²) in [4.78, 5) is 23.9. The molecular formula is C14H20O7. The Hall–Kier alpha value is -1.18. The predicted molar refractivity (Wildman–Crippen MR) is 67.9 cm³/mol. The summed E-state index contributed by atoms with van der Waals surface area (Å²) < 4.78 is 27.5. The van der Waals surface area contributed by atoms with Crippen LogP contribution in [0.2, 0.25) is 0 Å². The fourth-order valence-corrected chi connectivity index (χ4v) is 2.62. The van der Waals surface area contributed by atoms with E-state index in [2.05, 4.69) is 0 Å². The number of hydrogen-bond donors (Lipinski definition) is 0. The number of fused-ring (bicyclic) bond motifs is 3. The molecule has 7 heteroatoms. The van der Waals surface area contributed by atoms with Gasteiger partial charge in [0.1, 0.15) is 6.10 Å². The maximum absolute atomic E-state index is 12.0. The maximum atomic E-state index is 12.0. The first-order valence-corrected chi connectivity index (χ1v) is 7.01. The number of rotatable bonds is 1. The van der Waals surface area contributed by atoms with E-state index >= 15 is 0 Å². The Morgan fingerprint density at radius 1 is 1.14 bits per heavy atom. The largest absolute Gasteiger partial charge is 0.454 e. The molecule has 0 unspecified atom stereocenters.